The third-order valence-corrected chi connectivity index (χ3v) is 5.83. The molecule has 1 fully saturated rings. The van der Waals surface area contributed by atoms with Gasteiger partial charge in [0, 0.05) is 18.5 Å². The van der Waals surface area contributed by atoms with Crippen LogP contribution in [0.2, 0.25) is 0 Å². The van der Waals surface area contributed by atoms with Gasteiger partial charge in [-0.2, -0.15) is 0 Å². The highest BCUT2D eigenvalue weighted by molar-refractivity contribution is 8.26. The van der Waals surface area contributed by atoms with Gasteiger partial charge in [0.2, 0.25) is 0 Å². The molecule has 0 unspecified atom stereocenters. The number of amides is 1. The topological polar surface area (TPSA) is 74.7 Å². The molecule has 1 aliphatic rings. The Morgan fingerprint density at radius 1 is 1.14 bits per heavy atom. The predicted octanol–water partition coefficient (Wildman–Crippen LogP) is 4.62. The number of thiocarbonyl (C=S) groups is 1. The number of hydrogen-bond donors (Lipinski definition) is 1. The SMILES string of the molecule is CC(=O)c1cccc(-c2ccc(/C=C3\SC(=S)N(CCCC(=O)O)C3=O)cc2)c1. The Balaban J connectivity index is 1.73. The van der Waals surface area contributed by atoms with E-state index < -0.39 is 5.97 Å². The van der Waals surface area contributed by atoms with E-state index >= 15 is 0 Å². The van der Waals surface area contributed by atoms with E-state index in [1.54, 1.807) is 19.1 Å². The number of carboxylic acids is 1. The second kappa shape index (κ2) is 9.15. The molecule has 7 heteroatoms. The highest BCUT2D eigenvalue weighted by Gasteiger charge is 2.31. The van der Waals surface area contributed by atoms with Crippen LogP contribution >= 0.6 is 24.0 Å². The number of rotatable bonds is 7. The number of carbonyl (C=O) groups excluding carboxylic acids is 2. The summed E-state index contributed by atoms with van der Waals surface area (Å²) < 4.78 is 0.448. The Hall–Kier alpha value is -2.77. The molecule has 0 atom stereocenters. The summed E-state index contributed by atoms with van der Waals surface area (Å²) in [6.45, 7) is 1.85. The summed E-state index contributed by atoms with van der Waals surface area (Å²) in [5.41, 5.74) is 3.46. The summed E-state index contributed by atoms with van der Waals surface area (Å²) in [6.07, 6.45) is 2.15. The van der Waals surface area contributed by atoms with Gasteiger partial charge in [0.1, 0.15) is 4.32 Å². The zero-order chi connectivity index (χ0) is 21.0. The molecular formula is C22H19NO4S2. The highest BCUT2D eigenvalue weighted by atomic mass is 32.2. The van der Waals surface area contributed by atoms with Crippen molar-refractivity contribution in [1.29, 1.82) is 0 Å². The molecule has 1 heterocycles. The van der Waals surface area contributed by atoms with Gasteiger partial charge < -0.3 is 5.11 Å². The number of carbonyl (C=O) groups is 3. The van der Waals surface area contributed by atoms with E-state index in [9.17, 15) is 14.4 Å². The Morgan fingerprint density at radius 2 is 1.86 bits per heavy atom. The van der Waals surface area contributed by atoms with Gasteiger partial charge in [0.05, 0.1) is 4.91 Å². The first-order chi connectivity index (χ1) is 13.8. The fourth-order valence-electron chi connectivity index (χ4n) is 2.92. The Kier molecular flexibility index (Phi) is 6.61. The Morgan fingerprint density at radius 3 is 2.52 bits per heavy atom. The number of thioether (sulfide) groups is 1. The van der Waals surface area contributed by atoms with Gasteiger partial charge in [-0.25, -0.2) is 0 Å². The molecule has 1 amide bonds. The minimum absolute atomic E-state index is 0.00238. The maximum Gasteiger partial charge on any atom is 0.303 e. The van der Waals surface area contributed by atoms with E-state index in [1.807, 2.05) is 42.5 Å². The zero-order valence-electron chi connectivity index (χ0n) is 15.8. The molecule has 0 aliphatic carbocycles. The first-order valence-corrected chi connectivity index (χ1v) is 10.3. The van der Waals surface area contributed by atoms with Gasteiger partial charge in [0.15, 0.2) is 5.78 Å². The fraction of sp³-hybridized carbons (Fsp3) is 0.182. The number of hydrogen-bond acceptors (Lipinski definition) is 5. The van der Waals surface area contributed by atoms with Crippen molar-refractivity contribution < 1.29 is 19.5 Å². The van der Waals surface area contributed by atoms with E-state index in [4.69, 9.17) is 17.3 Å². The zero-order valence-corrected chi connectivity index (χ0v) is 17.4. The quantitative estimate of drug-likeness (QED) is 0.396. The molecule has 5 nitrogen and oxygen atoms in total. The summed E-state index contributed by atoms with van der Waals surface area (Å²) in [6, 6.07) is 15.2. The number of aliphatic carboxylic acids is 1. The maximum atomic E-state index is 12.6. The van der Waals surface area contributed by atoms with Gasteiger partial charge in [-0.3, -0.25) is 19.3 Å². The number of benzene rings is 2. The van der Waals surface area contributed by atoms with Crippen LogP contribution in [-0.2, 0) is 9.59 Å². The maximum absolute atomic E-state index is 12.6. The van der Waals surface area contributed by atoms with E-state index in [0.29, 0.717) is 27.8 Å². The molecule has 0 radical (unpaired) electrons. The van der Waals surface area contributed by atoms with Gasteiger partial charge >= 0.3 is 5.97 Å². The lowest BCUT2D eigenvalue weighted by Crippen LogP contribution is -2.29. The summed E-state index contributed by atoms with van der Waals surface area (Å²) >= 11 is 6.49. The van der Waals surface area contributed by atoms with E-state index in [0.717, 1.165) is 16.7 Å². The summed E-state index contributed by atoms with van der Waals surface area (Å²) in [5.74, 6) is -1.06. The average molecular weight is 426 g/mol. The van der Waals surface area contributed by atoms with Crippen molar-refractivity contribution in [3.05, 3.63) is 64.6 Å². The highest BCUT2D eigenvalue weighted by Crippen LogP contribution is 2.33. The number of nitrogens with zero attached hydrogens (tertiary/aromatic N) is 1. The van der Waals surface area contributed by atoms with Crippen molar-refractivity contribution in [2.45, 2.75) is 19.8 Å². The third-order valence-electron chi connectivity index (χ3n) is 4.46. The molecule has 2 aromatic rings. The van der Waals surface area contributed by atoms with E-state index in [1.165, 1.54) is 16.7 Å². The lowest BCUT2D eigenvalue weighted by atomic mass is 10.0. The van der Waals surface area contributed by atoms with Crippen LogP contribution < -0.4 is 0 Å². The summed E-state index contributed by atoms with van der Waals surface area (Å²) in [4.78, 5) is 36.8. The van der Waals surface area contributed by atoms with Gasteiger partial charge in [-0.15, -0.1) is 0 Å². The molecule has 29 heavy (non-hydrogen) atoms. The first-order valence-electron chi connectivity index (χ1n) is 9.04. The standard InChI is InChI=1S/C22H19NO4S2/c1-14(24)17-4-2-5-18(13-17)16-9-7-15(8-10-16)12-19-21(27)23(22(28)29-19)11-3-6-20(25)26/h2,4-5,7-10,12-13H,3,6,11H2,1H3,(H,25,26)/b19-12-. The van der Waals surface area contributed by atoms with Crippen LogP contribution in [0.25, 0.3) is 17.2 Å². The number of ketones is 1. The molecule has 148 valence electrons. The van der Waals surface area contributed by atoms with Crippen LogP contribution in [0.1, 0.15) is 35.7 Å². The molecular weight excluding hydrogens is 406 g/mol. The summed E-state index contributed by atoms with van der Waals surface area (Å²) in [7, 11) is 0. The Bertz CT molecular complexity index is 1010. The van der Waals surface area contributed by atoms with Crippen molar-refractivity contribution in [1.82, 2.24) is 4.90 Å². The second-order valence-corrected chi connectivity index (χ2v) is 8.27. The lowest BCUT2D eigenvalue weighted by Gasteiger charge is -2.13. The molecule has 0 spiro atoms. The second-order valence-electron chi connectivity index (χ2n) is 6.59. The molecule has 3 rings (SSSR count). The van der Waals surface area contributed by atoms with Gasteiger partial charge in [-0.1, -0.05) is 66.4 Å². The summed E-state index contributed by atoms with van der Waals surface area (Å²) in [5, 5.41) is 8.74. The van der Waals surface area contributed by atoms with Crippen LogP contribution in [0.4, 0.5) is 0 Å². The van der Waals surface area contributed by atoms with Crippen molar-refractivity contribution in [3.8, 4) is 11.1 Å². The molecule has 0 aromatic heterocycles. The monoisotopic (exact) mass is 425 g/mol. The van der Waals surface area contributed by atoms with Crippen LogP contribution in [0, 0.1) is 0 Å². The smallest absolute Gasteiger partial charge is 0.303 e. The van der Waals surface area contributed by atoms with Crippen molar-refractivity contribution in [2.24, 2.45) is 0 Å². The Labute approximate surface area is 178 Å². The molecule has 0 bridgehead atoms. The lowest BCUT2D eigenvalue weighted by molar-refractivity contribution is -0.137. The number of Topliss-reactive ketones (excluding diaryl/α,β-unsaturated/α-hetero) is 1. The van der Waals surface area contributed by atoms with Gasteiger partial charge in [-0.05, 0) is 42.2 Å². The molecule has 1 aliphatic heterocycles. The van der Waals surface area contributed by atoms with E-state index in [-0.39, 0.29) is 18.1 Å². The predicted molar refractivity (Wildman–Crippen MR) is 119 cm³/mol. The first kappa shape index (κ1) is 21.0. The molecule has 1 saturated heterocycles. The normalized spacial score (nSPS) is 15.2. The molecule has 2 aromatic carbocycles. The average Bonchev–Trinajstić information content (AvgIpc) is 2.96. The van der Waals surface area contributed by atoms with Crippen molar-refractivity contribution in [3.63, 3.8) is 0 Å². The largest absolute Gasteiger partial charge is 0.481 e. The molecule has 1 N–H and O–H groups in total. The van der Waals surface area contributed by atoms with Crippen LogP contribution in [0.3, 0.4) is 0 Å². The van der Waals surface area contributed by atoms with Crippen LogP contribution in [-0.4, -0.2) is 38.5 Å². The van der Waals surface area contributed by atoms with Crippen LogP contribution in [0.5, 0.6) is 0 Å². The minimum Gasteiger partial charge on any atom is -0.481 e. The van der Waals surface area contributed by atoms with Crippen LogP contribution in [0.15, 0.2) is 53.4 Å². The van der Waals surface area contributed by atoms with Crippen molar-refractivity contribution >= 4 is 52.0 Å². The minimum atomic E-state index is -0.889. The van der Waals surface area contributed by atoms with Gasteiger partial charge in [0.25, 0.3) is 5.91 Å². The molecule has 0 saturated carbocycles. The van der Waals surface area contributed by atoms with Crippen molar-refractivity contribution in [2.75, 3.05) is 6.54 Å². The fourth-order valence-corrected chi connectivity index (χ4v) is 4.23. The van der Waals surface area contributed by atoms with E-state index in [2.05, 4.69) is 0 Å². The number of carboxylic acid groups (broad SMARTS) is 1. The third kappa shape index (κ3) is 5.19.